The lowest BCUT2D eigenvalue weighted by molar-refractivity contribution is 0.597. The Kier molecular flexibility index (Phi) is 3.51. The van der Waals surface area contributed by atoms with E-state index in [2.05, 4.69) is 14.9 Å². The summed E-state index contributed by atoms with van der Waals surface area (Å²) in [6.07, 6.45) is 1.53. The zero-order valence-corrected chi connectivity index (χ0v) is 9.19. The highest BCUT2D eigenvalue weighted by Crippen LogP contribution is 2.07. The van der Waals surface area contributed by atoms with Crippen LogP contribution >= 0.6 is 0 Å². The van der Waals surface area contributed by atoms with E-state index in [1.54, 1.807) is 6.07 Å². The lowest BCUT2D eigenvalue weighted by Crippen LogP contribution is -2.16. The molecule has 5 nitrogen and oxygen atoms in total. The Morgan fingerprint density at radius 1 is 1.57 bits per heavy atom. The molecule has 0 saturated carbocycles. The molecule has 0 aromatic carbocycles. The zero-order valence-electron chi connectivity index (χ0n) is 8.37. The number of rotatable bonds is 5. The quantitative estimate of drug-likeness (QED) is 0.779. The van der Waals surface area contributed by atoms with Crippen molar-refractivity contribution < 1.29 is 8.42 Å². The summed E-state index contributed by atoms with van der Waals surface area (Å²) in [7, 11) is -3.22. The zero-order chi connectivity index (χ0) is 10.6. The van der Waals surface area contributed by atoms with Crippen LogP contribution in [-0.4, -0.2) is 24.4 Å². The van der Waals surface area contributed by atoms with Gasteiger partial charge in [0.05, 0.1) is 5.75 Å². The summed E-state index contributed by atoms with van der Waals surface area (Å²) in [4.78, 5) is 0. The highest BCUT2D eigenvalue weighted by atomic mass is 32.2. The lowest BCUT2D eigenvalue weighted by atomic mass is 10.4. The summed E-state index contributed by atoms with van der Waals surface area (Å²) < 4.78 is 25.2. The highest BCUT2D eigenvalue weighted by molar-refractivity contribution is 7.92. The molecule has 0 fully saturated rings. The number of hydrogen-bond donors (Lipinski definition) is 2. The van der Waals surface area contributed by atoms with E-state index in [1.807, 2.05) is 13.8 Å². The summed E-state index contributed by atoms with van der Waals surface area (Å²) in [6.45, 7) is 3.77. The van der Waals surface area contributed by atoms with Crippen LogP contribution in [0.4, 0.5) is 5.82 Å². The molecule has 80 valence electrons. The van der Waals surface area contributed by atoms with E-state index in [-0.39, 0.29) is 5.75 Å². The van der Waals surface area contributed by atoms with Crippen molar-refractivity contribution in [1.82, 2.24) is 10.2 Å². The molecular formula is C8H15N3O2S. The number of aromatic nitrogens is 2. The van der Waals surface area contributed by atoms with Crippen molar-refractivity contribution >= 4 is 15.8 Å². The Bertz CT molecular complexity index is 383. The van der Waals surface area contributed by atoms with E-state index in [9.17, 15) is 8.42 Å². The summed E-state index contributed by atoms with van der Waals surface area (Å²) in [6, 6.07) is 1.66. The molecule has 1 rings (SSSR count). The lowest BCUT2D eigenvalue weighted by Gasteiger charge is -2.03. The Balaban J connectivity index is 2.59. The average molecular weight is 217 g/mol. The van der Waals surface area contributed by atoms with Crippen molar-refractivity contribution in [2.75, 3.05) is 10.5 Å². The largest absolute Gasteiger partial charge is 0.281 e. The molecule has 1 aromatic rings. The molecule has 0 aliphatic carbocycles. The third-order valence-electron chi connectivity index (χ3n) is 1.73. The fourth-order valence-corrected chi connectivity index (χ4v) is 2.21. The maximum Gasteiger partial charge on any atom is 0.233 e. The normalized spacial score (nSPS) is 11.6. The first-order chi connectivity index (χ1) is 6.53. The molecule has 0 spiro atoms. The van der Waals surface area contributed by atoms with Crippen LogP contribution < -0.4 is 4.72 Å². The van der Waals surface area contributed by atoms with Crippen LogP contribution in [0.1, 0.15) is 25.5 Å². The number of nitrogens with zero attached hydrogens (tertiary/aromatic N) is 1. The van der Waals surface area contributed by atoms with Gasteiger partial charge in [0.2, 0.25) is 10.0 Å². The topological polar surface area (TPSA) is 74.8 Å². The Morgan fingerprint density at radius 3 is 2.79 bits per heavy atom. The number of aromatic amines is 1. The first-order valence-corrected chi connectivity index (χ1v) is 6.21. The van der Waals surface area contributed by atoms with Crippen LogP contribution in [0, 0.1) is 6.92 Å². The fraction of sp³-hybridized carbons (Fsp3) is 0.625. The van der Waals surface area contributed by atoms with Gasteiger partial charge in [-0.15, -0.1) is 0 Å². The molecular weight excluding hydrogens is 202 g/mol. The van der Waals surface area contributed by atoms with Gasteiger partial charge in [0.15, 0.2) is 5.82 Å². The molecule has 0 bridgehead atoms. The van der Waals surface area contributed by atoms with Gasteiger partial charge in [0, 0.05) is 11.8 Å². The van der Waals surface area contributed by atoms with Crippen molar-refractivity contribution in [3.63, 3.8) is 0 Å². The minimum absolute atomic E-state index is 0.148. The number of H-pyrrole nitrogens is 1. The molecule has 0 aliphatic heterocycles. The Hall–Kier alpha value is -1.04. The second-order valence-electron chi connectivity index (χ2n) is 3.21. The molecule has 0 saturated heterocycles. The predicted molar refractivity (Wildman–Crippen MR) is 55.6 cm³/mol. The van der Waals surface area contributed by atoms with Crippen molar-refractivity contribution in [2.45, 2.75) is 26.7 Å². The van der Waals surface area contributed by atoms with Crippen LogP contribution in [0.25, 0.3) is 0 Å². The van der Waals surface area contributed by atoms with Crippen molar-refractivity contribution in [3.05, 3.63) is 11.8 Å². The van der Waals surface area contributed by atoms with Gasteiger partial charge in [-0.05, 0) is 13.3 Å². The van der Waals surface area contributed by atoms with Crippen molar-refractivity contribution in [3.8, 4) is 0 Å². The van der Waals surface area contributed by atoms with Gasteiger partial charge in [-0.3, -0.25) is 9.82 Å². The van der Waals surface area contributed by atoms with Gasteiger partial charge in [-0.25, -0.2) is 8.42 Å². The molecule has 0 amide bonds. The third kappa shape index (κ3) is 3.37. The third-order valence-corrected chi connectivity index (χ3v) is 3.08. The molecule has 0 unspecified atom stereocenters. The van der Waals surface area contributed by atoms with E-state index in [0.717, 1.165) is 12.1 Å². The number of anilines is 1. The minimum Gasteiger partial charge on any atom is -0.281 e. The monoisotopic (exact) mass is 217 g/mol. The summed E-state index contributed by atoms with van der Waals surface area (Å²) in [5, 5.41) is 6.46. The van der Waals surface area contributed by atoms with E-state index in [4.69, 9.17) is 0 Å². The van der Waals surface area contributed by atoms with E-state index in [1.165, 1.54) is 0 Å². The van der Waals surface area contributed by atoms with Gasteiger partial charge in [0.25, 0.3) is 0 Å². The van der Waals surface area contributed by atoms with E-state index < -0.39 is 10.0 Å². The Morgan fingerprint density at radius 2 is 2.29 bits per heavy atom. The molecule has 2 N–H and O–H groups in total. The first kappa shape index (κ1) is 11.0. The van der Waals surface area contributed by atoms with Crippen LogP contribution in [0.3, 0.4) is 0 Å². The van der Waals surface area contributed by atoms with Gasteiger partial charge < -0.3 is 0 Å². The van der Waals surface area contributed by atoms with Gasteiger partial charge in [-0.1, -0.05) is 13.3 Å². The van der Waals surface area contributed by atoms with E-state index >= 15 is 0 Å². The summed E-state index contributed by atoms with van der Waals surface area (Å²) in [5.74, 6) is 0.508. The maximum absolute atomic E-state index is 11.4. The fourth-order valence-electron chi connectivity index (χ4n) is 1.02. The first-order valence-electron chi connectivity index (χ1n) is 4.56. The molecule has 1 aromatic heterocycles. The number of sulfonamides is 1. The second kappa shape index (κ2) is 4.45. The molecule has 0 atom stereocenters. The van der Waals surface area contributed by atoms with Crippen molar-refractivity contribution in [1.29, 1.82) is 0 Å². The Labute approximate surface area is 84.0 Å². The van der Waals surface area contributed by atoms with Crippen LogP contribution in [0.2, 0.25) is 0 Å². The molecule has 0 aliphatic rings. The number of aryl methyl sites for hydroxylation is 1. The minimum atomic E-state index is -3.22. The molecule has 1 heterocycles. The smallest absolute Gasteiger partial charge is 0.233 e. The SMILES string of the molecule is CCCCS(=O)(=O)Nc1cc(C)[nH]n1. The van der Waals surface area contributed by atoms with Gasteiger partial charge in [0.1, 0.15) is 0 Å². The second-order valence-corrected chi connectivity index (χ2v) is 5.05. The van der Waals surface area contributed by atoms with Crippen LogP contribution in [0.5, 0.6) is 0 Å². The molecule has 0 radical (unpaired) electrons. The molecule has 14 heavy (non-hydrogen) atoms. The number of unbranched alkanes of at least 4 members (excludes halogenated alkanes) is 1. The number of nitrogens with one attached hydrogen (secondary N) is 2. The molecule has 6 heteroatoms. The average Bonchev–Trinajstić information content (AvgIpc) is 2.47. The van der Waals surface area contributed by atoms with Crippen molar-refractivity contribution in [2.24, 2.45) is 0 Å². The van der Waals surface area contributed by atoms with Crippen LogP contribution in [0.15, 0.2) is 6.07 Å². The van der Waals surface area contributed by atoms with E-state index in [0.29, 0.717) is 12.2 Å². The standard InChI is InChI=1S/C8H15N3O2S/c1-3-4-5-14(12,13)11-8-6-7(2)9-10-8/h6H,3-5H2,1-2H3,(H2,9,10,11). The summed E-state index contributed by atoms with van der Waals surface area (Å²) >= 11 is 0. The van der Waals surface area contributed by atoms with Gasteiger partial charge in [-0.2, -0.15) is 5.10 Å². The predicted octanol–water partition coefficient (Wildman–Crippen LogP) is 1.26. The summed E-state index contributed by atoms with van der Waals surface area (Å²) in [5.41, 5.74) is 0.832. The highest BCUT2D eigenvalue weighted by Gasteiger charge is 2.10. The van der Waals surface area contributed by atoms with Crippen LogP contribution in [-0.2, 0) is 10.0 Å². The number of hydrogen-bond acceptors (Lipinski definition) is 3. The van der Waals surface area contributed by atoms with Gasteiger partial charge >= 0.3 is 0 Å². The maximum atomic E-state index is 11.4.